The maximum Gasteiger partial charge on any atom is 0.436 e. The van der Waals surface area contributed by atoms with E-state index in [-0.39, 0.29) is 16.1 Å². The molecule has 0 amide bonds. The van der Waals surface area contributed by atoms with Crippen LogP contribution in [0, 0.1) is 0 Å². The summed E-state index contributed by atoms with van der Waals surface area (Å²) in [5, 5.41) is 10.5. The molecule has 0 aromatic carbocycles. The zero-order valence-electron chi connectivity index (χ0n) is 8.11. The molecule has 2 heterocycles. The number of hydrogen-bond acceptors (Lipinski definition) is 4. The molecular weight excluding hydrogens is 303 g/mol. The first-order valence-electron chi connectivity index (χ1n) is 4.30. The van der Waals surface area contributed by atoms with Gasteiger partial charge in [-0.3, -0.25) is 0 Å². The fourth-order valence-corrected chi connectivity index (χ4v) is 1.62. The first-order valence-corrected chi connectivity index (χ1v) is 5.09. The van der Waals surface area contributed by atoms with E-state index in [9.17, 15) is 13.2 Å². The van der Waals surface area contributed by atoms with Gasteiger partial charge in [0, 0.05) is 6.20 Å². The van der Waals surface area contributed by atoms with Crippen molar-refractivity contribution in [1.29, 1.82) is 0 Å². The molecule has 0 spiro atoms. The quantitative estimate of drug-likeness (QED) is 0.875. The molecule has 2 aromatic heterocycles. The number of rotatable bonds is 1. The first kappa shape index (κ1) is 11.8. The second-order valence-corrected chi connectivity index (χ2v) is 3.94. The Kier molecular flexibility index (Phi) is 2.77. The van der Waals surface area contributed by atoms with E-state index in [0.29, 0.717) is 0 Å². The Morgan fingerprint density at radius 1 is 1.24 bits per heavy atom. The molecule has 0 aliphatic rings. The second kappa shape index (κ2) is 3.99. The van der Waals surface area contributed by atoms with Crippen molar-refractivity contribution in [2.24, 2.45) is 0 Å². The van der Waals surface area contributed by atoms with Crippen molar-refractivity contribution in [1.82, 2.24) is 20.0 Å². The summed E-state index contributed by atoms with van der Waals surface area (Å²) >= 11 is 2.79. The van der Waals surface area contributed by atoms with Gasteiger partial charge in [0.1, 0.15) is 5.82 Å². The summed E-state index contributed by atoms with van der Waals surface area (Å²) in [4.78, 5) is 0. The molecule has 2 rings (SSSR count). The lowest BCUT2D eigenvalue weighted by atomic mass is 10.4. The lowest BCUT2D eigenvalue weighted by molar-refractivity contribution is -0.141. The summed E-state index contributed by atoms with van der Waals surface area (Å²) in [7, 11) is 0. The first-order chi connectivity index (χ1) is 7.88. The van der Waals surface area contributed by atoms with Crippen LogP contribution in [0.3, 0.4) is 0 Å². The minimum absolute atomic E-state index is 0.149. The summed E-state index contributed by atoms with van der Waals surface area (Å²) in [5.41, 5.74) is 4.30. The van der Waals surface area contributed by atoms with Gasteiger partial charge in [-0.05, 0) is 28.1 Å². The van der Waals surface area contributed by atoms with Gasteiger partial charge in [0.15, 0.2) is 11.5 Å². The number of anilines is 1. The van der Waals surface area contributed by atoms with E-state index in [2.05, 4.69) is 31.2 Å². The van der Waals surface area contributed by atoms with Crippen LogP contribution in [0.4, 0.5) is 19.0 Å². The van der Waals surface area contributed by atoms with Gasteiger partial charge < -0.3 is 5.73 Å². The van der Waals surface area contributed by atoms with E-state index in [0.717, 1.165) is 10.9 Å². The third-order valence-electron chi connectivity index (χ3n) is 1.84. The molecule has 0 bridgehead atoms. The van der Waals surface area contributed by atoms with Crippen molar-refractivity contribution < 1.29 is 13.2 Å². The molecule has 0 saturated heterocycles. The van der Waals surface area contributed by atoms with Crippen LogP contribution in [0.25, 0.3) is 5.82 Å². The molecule has 5 nitrogen and oxygen atoms in total. The summed E-state index contributed by atoms with van der Waals surface area (Å²) in [6.45, 7) is 0. The molecule has 0 atom stereocenters. The summed E-state index contributed by atoms with van der Waals surface area (Å²) in [5.74, 6) is 0.325. The monoisotopic (exact) mass is 307 g/mol. The molecule has 17 heavy (non-hydrogen) atoms. The van der Waals surface area contributed by atoms with Gasteiger partial charge in [-0.15, -0.1) is 10.2 Å². The number of nitrogens with zero attached hydrogens (tertiary/aromatic N) is 4. The van der Waals surface area contributed by atoms with Crippen LogP contribution in [-0.4, -0.2) is 20.0 Å². The minimum Gasteiger partial charge on any atom is -0.382 e. The standard InChI is InChI=1S/C8H5BrF3N5/c9-4-3-17(16-7(4)8(10,11)12)6-2-1-5(13)14-15-6/h1-3H,(H2,13,14). The highest BCUT2D eigenvalue weighted by Gasteiger charge is 2.36. The van der Waals surface area contributed by atoms with E-state index in [4.69, 9.17) is 5.73 Å². The second-order valence-electron chi connectivity index (χ2n) is 3.08. The van der Waals surface area contributed by atoms with Gasteiger partial charge in [-0.2, -0.15) is 18.3 Å². The molecule has 0 radical (unpaired) electrons. The molecule has 0 aliphatic heterocycles. The van der Waals surface area contributed by atoms with Gasteiger partial charge in [-0.25, -0.2) is 4.68 Å². The molecule has 9 heteroatoms. The highest BCUT2D eigenvalue weighted by atomic mass is 79.9. The van der Waals surface area contributed by atoms with Crippen LogP contribution in [-0.2, 0) is 6.18 Å². The van der Waals surface area contributed by atoms with Crippen LogP contribution < -0.4 is 5.73 Å². The van der Waals surface area contributed by atoms with Crippen LogP contribution in [0.1, 0.15) is 5.69 Å². The number of nitrogens with two attached hydrogens (primary N) is 1. The number of halogens is 4. The van der Waals surface area contributed by atoms with Crippen LogP contribution in [0.5, 0.6) is 0 Å². The highest BCUT2D eigenvalue weighted by molar-refractivity contribution is 9.10. The van der Waals surface area contributed by atoms with E-state index < -0.39 is 11.9 Å². The fraction of sp³-hybridized carbons (Fsp3) is 0.125. The fourth-order valence-electron chi connectivity index (χ4n) is 1.12. The molecule has 2 N–H and O–H groups in total. The third kappa shape index (κ3) is 2.38. The molecule has 90 valence electrons. The highest BCUT2D eigenvalue weighted by Crippen LogP contribution is 2.33. The van der Waals surface area contributed by atoms with Gasteiger partial charge in [0.25, 0.3) is 0 Å². The number of nitrogen functional groups attached to an aromatic ring is 1. The Bertz CT molecular complexity index is 533. The lowest BCUT2D eigenvalue weighted by Crippen LogP contribution is -2.08. The molecule has 0 unspecified atom stereocenters. The van der Waals surface area contributed by atoms with Gasteiger partial charge >= 0.3 is 6.18 Å². The zero-order chi connectivity index (χ0) is 12.6. The summed E-state index contributed by atoms with van der Waals surface area (Å²) in [6, 6.07) is 2.84. The van der Waals surface area contributed by atoms with Crippen LogP contribution in [0.15, 0.2) is 22.8 Å². The van der Waals surface area contributed by atoms with Crippen molar-refractivity contribution in [3.63, 3.8) is 0 Å². The smallest absolute Gasteiger partial charge is 0.382 e. The van der Waals surface area contributed by atoms with Crippen molar-refractivity contribution in [3.05, 3.63) is 28.5 Å². The lowest BCUT2D eigenvalue weighted by Gasteiger charge is -2.02. The van der Waals surface area contributed by atoms with E-state index in [1.54, 1.807) is 0 Å². The number of aromatic nitrogens is 4. The molecule has 0 saturated carbocycles. The van der Waals surface area contributed by atoms with E-state index in [1.807, 2.05) is 0 Å². The third-order valence-corrected chi connectivity index (χ3v) is 2.42. The molecule has 0 fully saturated rings. The number of hydrogen-bond donors (Lipinski definition) is 1. The normalized spacial score (nSPS) is 11.8. The summed E-state index contributed by atoms with van der Waals surface area (Å²) in [6.07, 6.45) is -3.37. The molecular formula is C8H5BrF3N5. The maximum absolute atomic E-state index is 12.5. The van der Waals surface area contributed by atoms with E-state index >= 15 is 0 Å². The molecule has 2 aromatic rings. The van der Waals surface area contributed by atoms with Gasteiger partial charge in [-0.1, -0.05) is 0 Å². The predicted molar refractivity (Wildman–Crippen MR) is 56.3 cm³/mol. The van der Waals surface area contributed by atoms with Gasteiger partial charge in [0.2, 0.25) is 0 Å². The maximum atomic E-state index is 12.5. The van der Waals surface area contributed by atoms with Crippen molar-refractivity contribution in [2.45, 2.75) is 6.18 Å². The Hall–Kier alpha value is -1.64. The summed E-state index contributed by atoms with van der Waals surface area (Å²) < 4.78 is 38.2. The van der Waals surface area contributed by atoms with Crippen molar-refractivity contribution in [3.8, 4) is 5.82 Å². The van der Waals surface area contributed by atoms with Crippen molar-refractivity contribution >= 4 is 21.7 Å². The topological polar surface area (TPSA) is 69.6 Å². The predicted octanol–water partition coefficient (Wildman–Crippen LogP) is 2.03. The van der Waals surface area contributed by atoms with Crippen molar-refractivity contribution in [2.75, 3.05) is 5.73 Å². The molecule has 0 aliphatic carbocycles. The number of alkyl halides is 3. The average Bonchev–Trinajstić information content (AvgIpc) is 2.61. The van der Waals surface area contributed by atoms with Gasteiger partial charge in [0.05, 0.1) is 4.47 Å². The average molecular weight is 308 g/mol. The Balaban J connectivity index is 2.45. The minimum atomic E-state index is -4.52. The van der Waals surface area contributed by atoms with Crippen LogP contribution >= 0.6 is 15.9 Å². The zero-order valence-corrected chi connectivity index (χ0v) is 9.70. The largest absolute Gasteiger partial charge is 0.436 e. The Morgan fingerprint density at radius 2 is 1.94 bits per heavy atom. The Labute approximate surface area is 102 Å². The Morgan fingerprint density at radius 3 is 2.41 bits per heavy atom. The SMILES string of the molecule is Nc1ccc(-n2cc(Br)c(C(F)(F)F)n2)nn1. The van der Waals surface area contributed by atoms with Crippen LogP contribution in [0.2, 0.25) is 0 Å². The van der Waals surface area contributed by atoms with E-state index in [1.165, 1.54) is 12.1 Å².